The normalized spacial score (nSPS) is 11.1. The Morgan fingerprint density at radius 2 is 1.82 bits per heavy atom. The molecule has 0 saturated carbocycles. The molecular weight excluding hydrogens is 276 g/mol. The highest BCUT2D eigenvalue weighted by Crippen LogP contribution is 2.24. The third kappa shape index (κ3) is 2.72. The van der Waals surface area contributed by atoms with Gasteiger partial charge in [-0.15, -0.1) is 0 Å². The number of nitro benzene ring substituents is 1. The summed E-state index contributed by atoms with van der Waals surface area (Å²) >= 11 is 0. The van der Waals surface area contributed by atoms with Gasteiger partial charge in [0, 0.05) is 23.9 Å². The highest BCUT2D eigenvalue weighted by molar-refractivity contribution is 6.00. The number of rotatable bonds is 3. The number of hydrogen-bond donors (Lipinski definition) is 0. The van der Waals surface area contributed by atoms with Crippen molar-refractivity contribution in [3.8, 4) is 0 Å². The predicted octanol–water partition coefficient (Wildman–Crippen LogP) is 4.81. The van der Waals surface area contributed by atoms with Gasteiger partial charge in [-0.05, 0) is 29.3 Å². The lowest BCUT2D eigenvalue weighted by molar-refractivity contribution is -0.384. The molecule has 108 valence electrons. The van der Waals surface area contributed by atoms with Gasteiger partial charge in [-0.3, -0.25) is 15.1 Å². The summed E-state index contributed by atoms with van der Waals surface area (Å²) in [4.78, 5) is 14.8. The van der Waals surface area contributed by atoms with Crippen molar-refractivity contribution in [2.75, 3.05) is 0 Å². The number of hydrogen-bond acceptors (Lipinski definition) is 3. The van der Waals surface area contributed by atoms with Crippen LogP contribution < -0.4 is 0 Å². The zero-order chi connectivity index (χ0) is 15.5. The molecule has 0 radical (unpaired) electrons. The summed E-state index contributed by atoms with van der Waals surface area (Å²) in [5, 5.41) is 13.0. The van der Waals surface area contributed by atoms with Crippen molar-refractivity contribution in [3.05, 3.63) is 81.9 Å². The van der Waals surface area contributed by atoms with Crippen LogP contribution in [0.15, 0.2) is 65.7 Å². The van der Waals surface area contributed by atoms with E-state index in [1.165, 1.54) is 12.1 Å². The molecule has 0 heterocycles. The smallest absolute Gasteiger partial charge is 0.258 e. The van der Waals surface area contributed by atoms with Crippen molar-refractivity contribution in [2.24, 2.45) is 4.99 Å². The van der Waals surface area contributed by atoms with E-state index in [2.05, 4.69) is 23.2 Å². The van der Waals surface area contributed by atoms with Crippen LogP contribution in [0.1, 0.15) is 11.1 Å². The van der Waals surface area contributed by atoms with Crippen LogP contribution in [0.3, 0.4) is 0 Å². The second-order valence-electron chi connectivity index (χ2n) is 5.05. The standard InChI is InChI=1S/C18H14N2O2/c1-13-11-16(20(21)22)9-10-18(13)19-12-15-7-4-6-14-5-2-3-8-17(14)15/h2-12H,1H3. The van der Waals surface area contributed by atoms with Crippen molar-refractivity contribution in [1.29, 1.82) is 0 Å². The molecular formula is C18H14N2O2. The lowest BCUT2D eigenvalue weighted by Gasteiger charge is -2.02. The Bertz CT molecular complexity index is 880. The molecule has 3 aromatic carbocycles. The number of benzene rings is 3. The molecule has 0 bridgehead atoms. The third-order valence-electron chi connectivity index (χ3n) is 3.56. The SMILES string of the molecule is Cc1cc([N+](=O)[O-])ccc1N=Cc1cccc2ccccc12. The van der Waals surface area contributed by atoms with Crippen LogP contribution in [0.2, 0.25) is 0 Å². The fourth-order valence-electron chi connectivity index (χ4n) is 2.40. The van der Waals surface area contributed by atoms with Gasteiger partial charge in [-0.25, -0.2) is 0 Å². The van der Waals surface area contributed by atoms with Crippen LogP contribution in [0.4, 0.5) is 11.4 Å². The van der Waals surface area contributed by atoms with Crippen LogP contribution in [-0.4, -0.2) is 11.1 Å². The summed E-state index contributed by atoms with van der Waals surface area (Å²) in [6, 6.07) is 18.9. The molecule has 0 spiro atoms. The molecule has 0 aromatic heterocycles. The van der Waals surface area contributed by atoms with Crippen LogP contribution in [0.25, 0.3) is 10.8 Å². The molecule has 3 rings (SSSR count). The first-order chi connectivity index (χ1) is 10.6. The molecule has 3 aromatic rings. The maximum absolute atomic E-state index is 10.8. The highest BCUT2D eigenvalue weighted by Gasteiger charge is 2.07. The van der Waals surface area contributed by atoms with Gasteiger partial charge in [0.25, 0.3) is 5.69 Å². The van der Waals surface area contributed by atoms with Crippen molar-refractivity contribution < 1.29 is 4.92 Å². The van der Waals surface area contributed by atoms with E-state index in [1.54, 1.807) is 12.3 Å². The summed E-state index contributed by atoms with van der Waals surface area (Å²) < 4.78 is 0. The fourth-order valence-corrected chi connectivity index (χ4v) is 2.40. The van der Waals surface area contributed by atoms with E-state index in [0.717, 1.165) is 27.6 Å². The van der Waals surface area contributed by atoms with Crippen LogP contribution in [-0.2, 0) is 0 Å². The van der Waals surface area contributed by atoms with Gasteiger partial charge in [0.2, 0.25) is 0 Å². The molecule has 0 aliphatic heterocycles. The first-order valence-electron chi connectivity index (χ1n) is 6.92. The average molecular weight is 290 g/mol. The van der Waals surface area contributed by atoms with Crippen molar-refractivity contribution in [1.82, 2.24) is 0 Å². The highest BCUT2D eigenvalue weighted by atomic mass is 16.6. The van der Waals surface area contributed by atoms with Crippen molar-refractivity contribution in [2.45, 2.75) is 6.92 Å². The summed E-state index contributed by atoms with van der Waals surface area (Å²) in [5.41, 5.74) is 2.63. The predicted molar refractivity (Wildman–Crippen MR) is 89.0 cm³/mol. The lowest BCUT2D eigenvalue weighted by Crippen LogP contribution is -1.88. The molecule has 4 nitrogen and oxygen atoms in total. The first-order valence-corrected chi connectivity index (χ1v) is 6.92. The van der Waals surface area contributed by atoms with Crippen LogP contribution >= 0.6 is 0 Å². The van der Waals surface area contributed by atoms with Crippen LogP contribution in [0, 0.1) is 17.0 Å². The number of aliphatic imine (C=N–C) groups is 1. The Kier molecular flexibility index (Phi) is 3.66. The minimum absolute atomic E-state index is 0.0848. The van der Waals surface area contributed by atoms with E-state index in [0.29, 0.717) is 0 Å². The van der Waals surface area contributed by atoms with Gasteiger partial charge in [0.05, 0.1) is 10.6 Å². The maximum Gasteiger partial charge on any atom is 0.269 e. The zero-order valence-electron chi connectivity index (χ0n) is 12.1. The van der Waals surface area contributed by atoms with Gasteiger partial charge < -0.3 is 0 Å². The number of non-ortho nitro benzene ring substituents is 1. The van der Waals surface area contributed by atoms with Crippen molar-refractivity contribution >= 4 is 28.4 Å². The molecule has 0 fully saturated rings. The van der Waals surface area contributed by atoms with E-state index < -0.39 is 4.92 Å². The first kappa shape index (κ1) is 13.9. The Balaban J connectivity index is 1.98. The van der Waals surface area contributed by atoms with E-state index in [9.17, 15) is 10.1 Å². The molecule has 0 amide bonds. The summed E-state index contributed by atoms with van der Waals surface area (Å²) in [6.07, 6.45) is 1.80. The fraction of sp³-hybridized carbons (Fsp3) is 0.0556. The van der Waals surface area contributed by atoms with Gasteiger partial charge in [0.1, 0.15) is 0 Å². The van der Waals surface area contributed by atoms with E-state index in [-0.39, 0.29) is 5.69 Å². The third-order valence-corrected chi connectivity index (χ3v) is 3.56. The zero-order valence-corrected chi connectivity index (χ0v) is 12.1. The monoisotopic (exact) mass is 290 g/mol. The number of nitro groups is 1. The summed E-state index contributed by atoms with van der Waals surface area (Å²) in [6.45, 7) is 1.82. The number of aryl methyl sites for hydroxylation is 1. The minimum atomic E-state index is -0.398. The Labute approximate surface area is 127 Å². The minimum Gasteiger partial charge on any atom is -0.258 e. The summed E-state index contributed by atoms with van der Waals surface area (Å²) in [5.74, 6) is 0. The van der Waals surface area contributed by atoms with E-state index in [4.69, 9.17) is 0 Å². The van der Waals surface area contributed by atoms with E-state index >= 15 is 0 Å². The molecule has 22 heavy (non-hydrogen) atoms. The Morgan fingerprint density at radius 1 is 1.05 bits per heavy atom. The second kappa shape index (κ2) is 5.77. The van der Waals surface area contributed by atoms with Gasteiger partial charge >= 0.3 is 0 Å². The van der Waals surface area contributed by atoms with Crippen LogP contribution in [0.5, 0.6) is 0 Å². The molecule has 4 heteroatoms. The quantitative estimate of drug-likeness (QED) is 0.395. The molecule has 0 atom stereocenters. The Morgan fingerprint density at radius 3 is 2.59 bits per heavy atom. The van der Waals surface area contributed by atoms with Gasteiger partial charge in [-0.1, -0.05) is 42.5 Å². The van der Waals surface area contributed by atoms with E-state index in [1.807, 2.05) is 31.2 Å². The van der Waals surface area contributed by atoms with Gasteiger partial charge in [-0.2, -0.15) is 0 Å². The summed E-state index contributed by atoms with van der Waals surface area (Å²) in [7, 11) is 0. The topological polar surface area (TPSA) is 55.5 Å². The number of fused-ring (bicyclic) bond motifs is 1. The molecule has 0 saturated heterocycles. The van der Waals surface area contributed by atoms with Gasteiger partial charge in [0.15, 0.2) is 0 Å². The maximum atomic E-state index is 10.8. The van der Waals surface area contributed by atoms with Crippen molar-refractivity contribution in [3.63, 3.8) is 0 Å². The largest absolute Gasteiger partial charge is 0.269 e. The Hall–Kier alpha value is -3.01. The average Bonchev–Trinajstić information content (AvgIpc) is 2.53. The molecule has 0 aliphatic carbocycles. The molecule has 0 aliphatic rings. The molecule has 0 unspecified atom stereocenters. The lowest BCUT2D eigenvalue weighted by atomic mass is 10.1. The number of nitrogens with zero attached hydrogens (tertiary/aromatic N) is 2. The second-order valence-corrected chi connectivity index (χ2v) is 5.05. The molecule has 0 N–H and O–H groups in total.